The van der Waals surface area contributed by atoms with E-state index < -0.39 is 44.7 Å². The van der Waals surface area contributed by atoms with Crippen molar-refractivity contribution in [2.75, 3.05) is 7.11 Å². The standard InChI is InChI=1S/C10H7FN2O7/c1-20-10(15)8(11)9(14)5-2-6(12(16)17)4-7(3-5)13(18)19/h2-4,8H,1H3. The third-order valence-corrected chi connectivity index (χ3v) is 2.25. The number of Topliss-reactive ketones (excluding diaryl/α,β-unsaturated/α-hetero) is 1. The molecule has 0 bridgehead atoms. The number of hydrogen-bond acceptors (Lipinski definition) is 7. The zero-order valence-electron chi connectivity index (χ0n) is 9.94. The maximum Gasteiger partial charge on any atom is 0.348 e. The summed E-state index contributed by atoms with van der Waals surface area (Å²) in [6, 6.07) is 1.90. The van der Waals surface area contributed by atoms with E-state index in [1.807, 2.05) is 0 Å². The van der Waals surface area contributed by atoms with Crippen LogP contribution in [0.15, 0.2) is 18.2 Å². The van der Waals surface area contributed by atoms with Gasteiger partial charge in [-0.15, -0.1) is 0 Å². The number of nitro benzene ring substituents is 2. The molecule has 1 rings (SSSR count). The highest BCUT2D eigenvalue weighted by Gasteiger charge is 2.30. The summed E-state index contributed by atoms with van der Waals surface area (Å²) in [7, 11) is 0.845. The number of non-ortho nitro benzene ring substituents is 2. The molecular formula is C10H7FN2O7. The number of nitro groups is 2. The Hall–Kier alpha value is -2.91. The van der Waals surface area contributed by atoms with Gasteiger partial charge in [-0.3, -0.25) is 25.0 Å². The second-order valence-corrected chi connectivity index (χ2v) is 3.50. The minimum atomic E-state index is -2.71. The Kier molecular flexibility index (Phi) is 4.41. The maximum atomic E-state index is 13.4. The molecule has 0 N–H and O–H groups in total. The zero-order chi connectivity index (χ0) is 15.4. The molecule has 1 aromatic rings. The lowest BCUT2D eigenvalue weighted by atomic mass is 10.1. The molecule has 0 aliphatic carbocycles. The molecule has 0 radical (unpaired) electrons. The predicted molar refractivity (Wildman–Crippen MR) is 61.0 cm³/mol. The quantitative estimate of drug-likeness (QED) is 0.261. The third kappa shape index (κ3) is 3.10. The highest BCUT2D eigenvalue weighted by molar-refractivity contribution is 6.11. The van der Waals surface area contributed by atoms with Gasteiger partial charge in [0.1, 0.15) is 0 Å². The van der Waals surface area contributed by atoms with Crippen LogP contribution < -0.4 is 0 Å². The van der Waals surface area contributed by atoms with Crippen LogP contribution in [0.5, 0.6) is 0 Å². The van der Waals surface area contributed by atoms with Crippen molar-refractivity contribution in [1.82, 2.24) is 0 Å². The number of esters is 1. The molecule has 106 valence electrons. The predicted octanol–water partition coefficient (Wildman–Crippen LogP) is 1.20. The van der Waals surface area contributed by atoms with Gasteiger partial charge in [0.2, 0.25) is 5.78 Å². The smallest absolute Gasteiger partial charge is 0.348 e. The first-order chi connectivity index (χ1) is 9.27. The summed E-state index contributed by atoms with van der Waals surface area (Å²) >= 11 is 0. The fourth-order valence-corrected chi connectivity index (χ4v) is 1.31. The number of rotatable bonds is 5. The van der Waals surface area contributed by atoms with Crippen LogP contribution in [0.2, 0.25) is 0 Å². The van der Waals surface area contributed by atoms with E-state index in [1.54, 1.807) is 0 Å². The van der Waals surface area contributed by atoms with E-state index in [0.29, 0.717) is 18.2 Å². The molecule has 1 atom stereocenters. The van der Waals surface area contributed by atoms with Crippen LogP contribution in [0.25, 0.3) is 0 Å². The van der Waals surface area contributed by atoms with Gasteiger partial charge in [0.25, 0.3) is 17.5 Å². The molecule has 10 heteroatoms. The van der Waals surface area contributed by atoms with Crippen molar-refractivity contribution in [3.63, 3.8) is 0 Å². The van der Waals surface area contributed by atoms with E-state index in [-0.39, 0.29) is 0 Å². The first-order valence-electron chi connectivity index (χ1n) is 4.98. The van der Waals surface area contributed by atoms with Gasteiger partial charge >= 0.3 is 5.97 Å². The summed E-state index contributed by atoms with van der Waals surface area (Å²) in [5.41, 5.74) is -2.19. The van der Waals surface area contributed by atoms with Gasteiger partial charge in [-0.05, 0) is 0 Å². The van der Waals surface area contributed by atoms with Gasteiger partial charge in [-0.1, -0.05) is 0 Å². The molecule has 0 aliphatic heterocycles. The molecule has 0 aromatic heterocycles. The van der Waals surface area contributed by atoms with Crippen LogP contribution in [0.1, 0.15) is 10.4 Å². The molecule has 0 heterocycles. The molecule has 0 spiro atoms. The Bertz CT molecular complexity index is 569. The highest BCUT2D eigenvalue weighted by atomic mass is 19.1. The summed E-state index contributed by atoms with van der Waals surface area (Å²) in [4.78, 5) is 41.7. The van der Waals surface area contributed by atoms with Gasteiger partial charge < -0.3 is 4.74 Å². The first kappa shape index (κ1) is 15.1. The third-order valence-electron chi connectivity index (χ3n) is 2.25. The van der Waals surface area contributed by atoms with E-state index >= 15 is 0 Å². The zero-order valence-corrected chi connectivity index (χ0v) is 9.94. The van der Waals surface area contributed by atoms with Crippen molar-refractivity contribution in [3.05, 3.63) is 44.0 Å². The summed E-state index contributed by atoms with van der Waals surface area (Å²) < 4.78 is 17.4. The van der Waals surface area contributed by atoms with Crippen LogP contribution in [-0.4, -0.2) is 34.9 Å². The number of alkyl halides is 1. The monoisotopic (exact) mass is 286 g/mol. The van der Waals surface area contributed by atoms with Gasteiger partial charge in [0, 0.05) is 17.7 Å². The lowest BCUT2D eigenvalue weighted by Gasteiger charge is -2.05. The maximum absolute atomic E-state index is 13.4. The second-order valence-electron chi connectivity index (χ2n) is 3.50. The number of carbonyl (C=O) groups is 2. The van der Waals surface area contributed by atoms with Gasteiger partial charge in [-0.25, -0.2) is 9.18 Å². The fraction of sp³-hybridized carbons (Fsp3) is 0.200. The normalized spacial score (nSPS) is 11.5. The number of ketones is 1. The molecule has 0 amide bonds. The van der Waals surface area contributed by atoms with Crippen molar-refractivity contribution >= 4 is 23.1 Å². The van der Waals surface area contributed by atoms with Crippen molar-refractivity contribution < 1.29 is 28.6 Å². The van der Waals surface area contributed by atoms with Crippen LogP contribution in [0.4, 0.5) is 15.8 Å². The Balaban J connectivity index is 3.30. The summed E-state index contributed by atoms with van der Waals surface area (Å²) in [6.45, 7) is 0. The number of ether oxygens (including phenoxy) is 1. The molecule has 0 saturated carbocycles. The molecule has 9 nitrogen and oxygen atoms in total. The minimum Gasteiger partial charge on any atom is -0.467 e. The second kappa shape index (κ2) is 5.82. The van der Waals surface area contributed by atoms with Crippen molar-refractivity contribution in [3.8, 4) is 0 Å². The van der Waals surface area contributed by atoms with E-state index in [1.165, 1.54) is 0 Å². The molecule has 0 saturated heterocycles. The van der Waals surface area contributed by atoms with E-state index in [2.05, 4.69) is 4.74 Å². The van der Waals surface area contributed by atoms with Crippen LogP contribution in [0, 0.1) is 20.2 Å². The Morgan fingerprint density at radius 3 is 1.95 bits per heavy atom. The summed E-state index contributed by atoms with van der Waals surface area (Å²) in [6.07, 6.45) is -2.71. The lowest BCUT2D eigenvalue weighted by molar-refractivity contribution is -0.394. The molecule has 20 heavy (non-hydrogen) atoms. The molecular weight excluding hydrogens is 279 g/mol. The van der Waals surface area contributed by atoms with Crippen molar-refractivity contribution in [1.29, 1.82) is 0 Å². The van der Waals surface area contributed by atoms with Crippen LogP contribution in [-0.2, 0) is 9.53 Å². The minimum absolute atomic E-state index is 0.613. The fourth-order valence-electron chi connectivity index (χ4n) is 1.31. The Morgan fingerprint density at radius 1 is 1.15 bits per heavy atom. The number of nitrogens with zero attached hydrogens (tertiary/aromatic N) is 2. The number of methoxy groups -OCH3 is 1. The Labute approximate surface area is 110 Å². The summed E-state index contributed by atoms with van der Waals surface area (Å²) in [5, 5.41) is 21.2. The number of carbonyl (C=O) groups excluding carboxylic acids is 2. The average Bonchev–Trinajstić information content (AvgIpc) is 2.44. The van der Waals surface area contributed by atoms with Gasteiger partial charge in [0.05, 0.1) is 23.0 Å². The van der Waals surface area contributed by atoms with Crippen LogP contribution in [0.3, 0.4) is 0 Å². The molecule has 0 fully saturated rings. The Morgan fingerprint density at radius 2 is 1.60 bits per heavy atom. The largest absolute Gasteiger partial charge is 0.467 e. The number of halogens is 1. The lowest BCUT2D eigenvalue weighted by Crippen LogP contribution is -2.27. The molecule has 1 aromatic carbocycles. The summed E-state index contributed by atoms with van der Waals surface area (Å²) in [5.74, 6) is -2.95. The van der Waals surface area contributed by atoms with E-state index in [9.17, 15) is 34.2 Å². The SMILES string of the molecule is COC(=O)C(F)C(=O)c1cc([N+](=O)[O-])cc([N+](=O)[O-])c1. The average molecular weight is 286 g/mol. The van der Waals surface area contributed by atoms with Gasteiger partial charge in [-0.2, -0.15) is 0 Å². The van der Waals surface area contributed by atoms with Crippen molar-refractivity contribution in [2.24, 2.45) is 0 Å². The highest BCUT2D eigenvalue weighted by Crippen LogP contribution is 2.24. The number of hydrogen-bond donors (Lipinski definition) is 0. The van der Waals surface area contributed by atoms with Crippen molar-refractivity contribution in [2.45, 2.75) is 6.17 Å². The molecule has 1 unspecified atom stereocenters. The topological polar surface area (TPSA) is 130 Å². The van der Waals surface area contributed by atoms with Gasteiger partial charge in [0.15, 0.2) is 0 Å². The first-order valence-corrected chi connectivity index (χ1v) is 4.98. The van der Waals surface area contributed by atoms with Crippen LogP contribution >= 0.6 is 0 Å². The van der Waals surface area contributed by atoms with E-state index in [4.69, 9.17) is 0 Å². The van der Waals surface area contributed by atoms with E-state index in [0.717, 1.165) is 7.11 Å². The number of benzene rings is 1. The molecule has 0 aliphatic rings.